The van der Waals surface area contributed by atoms with Crippen molar-refractivity contribution in [1.82, 2.24) is 10.2 Å². The fraction of sp³-hybridized carbons (Fsp3) is 0.364. The lowest BCUT2D eigenvalue weighted by Gasteiger charge is -2.21. The predicted octanol–water partition coefficient (Wildman–Crippen LogP) is 3.63. The molecule has 2 aromatic rings. The molecule has 1 saturated heterocycles. The Bertz CT molecular complexity index is 814. The average Bonchev–Trinajstić information content (AvgIpc) is 2.83. The minimum atomic E-state index is -0.868. The lowest BCUT2D eigenvalue weighted by Crippen LogP contribution is -2.44. The standard InChI is InChI=1S/C22H26N2O3/c1-16-13-17(2)15-19(14-16)27-12-11-24-20(25)22(3,23-21(24)26)10-9-18-7-5-4-6-8-18/h4-8,13-15H,9-12H2,1-3H3,(H,23,26)/t22-/m0/s1. The van der Waals surface area contributed by atoms with Gasteiger partial charge in [-0.05, 0) is 62.4 Å². The van der Waals surface area contributed by atoms with Crippen molar-refractivity contribution in [2.75, 3.05) is 13.2 Å². The summed E-state index contributed by atoms with van der Waals surface area (Å²) >= 11 is 0. The molecule has 5 nitrogen and oxygen atoms in total. The van der Waals surface area contributed by atoms with Crippen molar-refractivity contribution in [2.45, 2.75) is 39.2 Å². The molecule has 0 aromatic heterocycles. The number of rotatable bonds is 7. The number of carbonyl (C=O) groups excluding carboxylic acids is 2. The molecule has 1 atom stereocenters. The van der Waals surface area contributed by atoms with Gasteiger partial charge in [0.05, 0.1) is 6.54 Å². The number of amides is 3. The smallest absolute Gasteiger partial charge is 0.325 e. The van der Waals surface area contributed by atoms with Crippen LogP contribution < -0.4 is 10.1 Å². The molecule has 0 spiro atoms. The second kappa shape index (κ2) is 7.82. The molecule has 1 heterocycles. The molecule has 0 radical (unpaired) electrons. The van der Waals surface area contributed by atoms with Crippen LogP contribution in [0.3, 0.4) is 0 Å². The van der Waals surface area contributed by atoms with Gasteiger partial charge in [0, 0.05) is 0 Å². The van der Waals surface area contributed by atoms with Gasteiger partial charge >= 0.3 is 6.03 Å². The molecule has 1 aliphatic heterocycles. The molecule has 3 amide bonds. The highest BCUT2D eigenvalue weighted by Gasteiger charge is 2.47. The number of hydrogen-bond donors (Lipinski definition) is 1. The number of imide groups is 1. The summed E-state index contributed by atoms with van der Waals surface area (Å²) in [6, 6.07) is 15.6. The molecule has 1 aliphatic rings. The molecule has 0 bridgehead atoms. The Labute approximate surface area is 160 Å². The van der Waals surface area contributed by atoms with Crippen LogP contribution in [0.4, 0.5) is 4.79 Å². The first-order chi connectivity index (χ1) is 12.9. The van der Waals surface area contributed by atoms with E-state index >= 15 is 0 Å². The second-order valence-corrected chi connectivity index (χ2v) is 7.38. The van der Waals surface area contributed by atoms with Crippen LogP contribution in [0.5, 0.6) is 5.75 Å². The average molecular weight is 366 g/mol. The first kappa shape index (κ1) is 19.0. The maximum absolute atomic E-state index is 12.8. The number of nitrogens with one attached hydrogen (secondary N) is 1. The van der Waals surface area contributed by atoms with Crippen molar-refractivity contribution in [3.63, 3.8) is 0 Å². The van der Waals surface area contributed by atoms with Crippen LogP contribution in [0.25, 0.3) is 0 Å². The number of ether oxygens (including phenoxy) is 1. The van der Waals surface area contributed by atoms with E-state index in [1.54, 1.807) is 6.92 Å². The van der Waals surface area contributed by atoms with Crippen molar-refractivity contribution in [2.24, 2.45) is 0 Å². The van der Waals surface area contributed by atoms with Gasteiger partial charge in [-0.2, -0.15) is 0 Å². The van der Waals surface area contributed by atoms with Gasteiger partial charge in [0.25, 0.3) is 5.91 Å². The van der Waals surface area contributed by atoms with E-state index < -0.39 is 5.54 Å². The number of aryl methyl sites for hydroxylation is 3. The zero-order valence-corrected chi connectivity index (χ0v) is 16.1. The summed E-state index contributed by atoms with van der Waals surface area (Å²) in [5, 5.41) is 2.85. The van der Waals surface area contributed by atoms with Crippen LogP contribution >= 0.6 is 0 Å². The zero-order valence-electron chi connectivity index (χ0n) is 16.1. The Morgan fingerprint density at radius 1 is 1.04 bits per heavy atom. The zero-order chi connectivity index (χ0) is 19.4. The molecular weight excluding hydrogens is 340 g/mol. The molecule has 142 valence electrons. The summed E-state index contributed by atoms with van der Waals surface area (Å²) in [5.74, 6) is 0.568. The van der Waals surface area contributed by atoms with E-state index in [1.807, 2.05) is 56.3 Å². The summed E-state index contributed by atoms with van der Waals surface area (Å²) in [6.07, 6.45) is 1.30. The Balaban J connectivity index is 1.56. The molecule has 1 fully saturated rings. The van der Waals surface area contributed by atoms with Crippen molar-refractivity contribution in [3.8, 4) is 5.75 Å². The molecule has 0 unspecified atom stereocenters. The van der Waals surface area contributed by atoms with E-state index in [-0.39, 0.29) is 25.1 Å². The minimum Gasteiger partial charge on any atom is -0.492 e. The first-order valence-corrected chi connectivity index (χ1v) is 9.26. The van der Waals surface area contributed by atoms with Gasteiger partial charge in [0.15, 0.2) is 0 Å². The van der Waals surface area contributed by atoms with E-state index in [2.05, 4.69) is 11.4 Å². The van der Waals surface area contributed by atoms with Crippen molar-refractivity contribution in [3.05, 3.63) is 65.2 Å². The Morgan fingerprint density at radius 2 is 1.70 bits per heavy atom. The van der Waals surface area contributed by atoms with Gasteiger partial charge < -0.3 is 10.1 Å². The van der Waals surface area contributed by atoms with Crippen molar-refractivity contribution in [1.29, 1.82) is 0 Å². The first-order valence-electron chi connectivity index (χ1n) is 9.26. The van der Waals surface area contributed by atoms with E-state index in [4.69, 9.17) is 4.74 Å². The number of carbonyl (C=O) groups is 2. The van der Waals surface area contributed by atoms with Crippen molar-refractivity contribution >= 4 is 11.9 Å². The molecule has 1 N–H and O–H groups in total. The van der Waals surface area contributed by atoms with Gasteiger partial charge in [-0.15, -0.1) is 0 Å². The third-order valence-electron chi connectivity index (χ3n) is 4.88. The number of urea groups is 1. The highest BCUT2D eigenvalue weighted by Crippen LogP contribution is 2.23. The van der Waals surface area contributed by atoms with Crippen LogP contribution in [0, 0.1) is 13.8 Å². The van der Waals surface area contributed by atoms with Crippen LogP contribution in [0.2, 0.25) is 0 Å². The fourth-order valence-corrected chi connectivity index (χ4v) is 3.43. The summed E-state index contributed by atoms with van der Waals surface area (Å²) in [7, 11) is 0. The topological polar surface area (TPSA) is 58.6 Å². The Kier molecular flexibility index (Phi) is 5.49. The molecule has 27 heavy (non-hydrogen) atoms. The number of nitrogens with zero attached hydrogens (tertiary/aromatic N) is 1. The quantitative estimate of drug-likeness (QED) is 0.762. The summed E-state index contributed by atoms with van der Waals surface area (Å²) < 4.78 is 5.75. The number of hydrogen-bond acceptors (Lipinski definition) is 3. The van der Waals surface area contributed by atoms with Gasteiger partial charge in [0.2, 0.25) is 0 Å². The minimum absolute atomic E-state index is 0.188. The predicted molar refractivity (Wildman–Crippen MR) is 105 cm³/mol. The lowest BCUT2D eigenvalue weighted by atomic mass is 9.93. The highest BCUT2D eigenvalue weighted by molar-refractivity contribution is 6.06. The maximum atomic E-state index is 12.8. The Morgan fingerprint density at radius 3 is 2.37 bits per heavy atom. The SMILES string of the molecule is Cc1cc(C)cc(OCCN2C(=O)N[C@@](C)(CCc3ccccc3)C2=O)c1. The molecule has 0 aliphatic carbocycles. The molecule has 3 rings (SSSR count). The monoisotopic (exact) mass is 366 g/mol. The second-order valence-electron chi connectivity index (χ2n) is 7.38. The van der Waals surface area contributed by atoms with Crippen molar-refractivity contribution < 1.29 is 14.3 Å². The summed E-state index contributed by atoms with van der Waals surface area (Å²) in [6.45, 7) is 6.32. The maximum Gasteiger partial charge on any atom is 0.325 e. The van der Waals surface area contributed by atoms with E-state index in [0.29, 0.717) is 6.42 Å². The van der Waals surface area contributed by atoms with E-state index in [1.165, 1.54) is 4.90 Å². The highest BCUT2D eigenvalue weighted by atomic mass is 16.5. The van der Waals surface area contributed by atoms with Gasteiger partial charge in [-0.25, -0.2) is 4.79 Å². The third-order valence-corrected chi connectivity index (χ3v) is 4.88. The molecule has 2 aromatic carbocycles. The molecule has 5 heteroatoms. The van der Waals surface area contributed by atoms with Crippen LogP contribution in [0.1, 0.15) is 30.0 Å². The summed E-state index contributed by atoms with van der Waals surface area (Å²) in [4.78, 5) is 26.4. The van der Waals surface area contributed by atoms with Crippen LogP contribution in [0.15, 0.2) is 48.5 Å². The van der Waals surface area contributed by atoms with Crippen LogP contribution in [-0.2, 0) is 11.2 Å². The van der Waals surface area contributed by atoms with Gasteiger partial charge in [-0.1, -0.05) is 36.4 Å². The largest absolute Gasteiger partial charge is 0.492 e. The van der Waals surface area contributed by atoms with Crippen LogP contribution in [-0.4, -0.2) is 35.5 Å². The lowest BCUT2D eigenvalue weighted by molar-refractivity contribution is -0.131. The number of benzene rings is 2. The van der Waals surface area contributed by atoms with E-state index in [0.717, 1.165) is 28.9 Å². The Hall–Kier alpha value is -2.82. The van der Waals surface area contributed by atoms with Gasteiger partial charge in [0.1, 0.15) is 17.9 Å². The third kappa shape index (κ3) is 4.48. The van der Waals surface area contributed by atoms with Gasteiger partial charge in [-0.3, -0.25) is 9.69 Å². The normalized spacial score (nSPS) is 19.3. The molecule has 0 saturated carbocycles. The summed E-state index contributed by atoms with van der Waals surface area (Å²) in [5.41, 5.74) is 2.52. The molecular formula is C22H26N2O3. The fourth-order valence-electron chi connectivity index (χ4n) is 3.43. The van der Waals surface area contributed by atoms with E-state index in [9.17, 15) is 9.59 Å².